The van der Waals surface area contributed by atoms with Crippen LogP contribution in [0.3, 0.4) is 0 Å². The minimum atomic E-state index is -0.476. The molecule has 3 rings (SSSR count). The third-order valence-corrected chi connectivity index (χ3v) is 5.73. The number of aryl methyl sites for hydroxylation is 2. The van der Waals surface area contributed by atoms with E-state index in [1.807, 2.05) is 31.2 Å². The van der Waals surface area contributed by atoms with Crippen LogP contribution in [0.25, 0.3) is 11.0 Å². The first-order valence-electron chi connectivity index (χ1n) is 10.6. The van der Waals surface area contributed by atoms with Gasteiger partial charge in [-0.25, -0.2) is 4.79 Å². The van der Waals surface area contributed by atoms with E-state index >= 15 is 0 Å². The molecule has 1 aliphatic carbocycles. The molecule has 7 nitrogen and oxygen atoms in total. The van der Waals surface area contributed by atoms with E-state index in [2.05, 4.69) is 12.2 Å². The summed E-state index contributed by atoms with van der Waals surface area (Å²) in [6.07, 6.45) is 5.32. The van der Waals surface area contributed by atoms with E-state index < -0.39 is 5.97 Å². The summed E-state index contributed by atoms with van der Waals surface area (Å²) < 4.78 is 8.48. The molecule has 1 saturated carbocycles. The second-order valence-corrected chi connectivity index (χ2v) is 7.92. The highest BCUT2D eigenvalue weighted by atomic mass is 16.5. The van der Waals surface area contributed by atoms with E-state index in [1.165, 1.54) is 6.42 Å². The van der Waals surface area contributed by atoms with E-state index in [-0.39, 0.29) is 37.2 Å². The number of amides is 1. The van der Waals surface area contributed by atoms with Gasteiger partial charge in [-0.15, -0.1) is 0 Å². The fourth-order valence-corrected chi connectivity index (χ4v) is 4.13. The summed E-state index contributed by atoms with van der Waals surface area (Å²) in [6, 6.07) is 7.74. The summed E-state index contributed by atoms with van der Waals surface area (Å²) in [5.74, 6) is -0.277. The number of carbonyl (C=O) groups is 2. The quantitative estimate of drug-likeness (QED) is 0.690. The number of hydrogen-bond acceptors (Lipinski definition) is 4. The number of para-hydroxylation sites is 2. The molecule has 1 aromatic carbocycles. The number of ether oxygens (including phenoxy) is 1. The van der Waals surface area contributed by atoms with Gasteiger partial charge in [0.25, 0.3) is 5.91 Å². The molecule has 0 unspecified atom stereocenters. The molecule has 0 saturated heterocycles. The minimum Gasteiger partial charge on any atom is -0.456 e. The molecule has 158 valence electrons. The fourth-order valence-electron chi connectivity index (χ4n) is 4.13. The summed E-state index contributed by atoms with van der Waals surface area (Å²) >= 11 is 0. The zero-order chi connectivity index (χ0) is 20.8. The number of nitrogens with one attached hydrogen (secondary N) is 1. The maximum atomic E-state index is 12.7. The molecule has 2 aromatic rings. The number of carbonyl (C=O) groups excluding carboxylic acids is 2. The van der Waals surface area contributed by atoms with Gasteiger partial charge in [-0.1, -0.05) is 38.8 Å². The Hall–Kier alpha value is -2.57. The second-order valence-electron chi connectivity index (χ2n) is 7.92. The number of imidazole rings is 1. The molecular formula is C22H31N3O4. The van der Waals surface area contributed by atoms with Gasteiger partial charge in [-0.3, -0.25) is 18.7 Å². The van der Waals surface area contributed by atoms with Crippen molar-refractivity contribution in [2.45, 2.75) is 71.5 Å². The summed E-state index contributed by atoms with van der Waals surface area (Å²) in [6.45, 7) is 4.76. The monoisotopic (exact) mass is 401 g/mol. The predicted octanol–water partition coefficient (Wildman–Crippen LogP) is 2.84. The maximum Gasteiger partial charge on any atom is 0.329 e. The Morgan fingerprint density at radius 3 is 2.41 bits per heavy atom. The highest BCUT2D eigenvalue weighted by molar-refractivity contribution is 5.81. The van der Waals surface area contributed by atoms with Gasteiger partial charge < -0.3 is 10.1 Å². The van der Waals surface area contributed by atoms with Gasteiger partial charge in [0.05, 0.1) is 17.5 Å². The van der Waals surface area contributed by atoms with Crippen LogP contribution >= 0.6 is 0 Å². The van der Waals surface area contributed by atoms with Gasteiger partial charge >= 0.3 is 11.7 Å². The van der Waals surface area contributed by atoms with E-state index in [0.29, 0.717) is 12.5 Å². The molecule has 0 spiro atoms. The molecule has 0 bridgehead atoms. The average Bonchev–Trinajstić information content (AvgIpc) is 2.98. The van der Waals surface area contributed by atoms with Crippen molar-refractivity contribution >= 4 is 22.9 Å². The average molecular weight is 402 g/mol. The minimum absolute atomic E-state index is 0.0488. The van der Waals surface area contributed by atoms with Crippen LogP contribution in [0.1, 0.15) is 52.4 Å². The van der Waals surface area contributed by atoms with Crippen LogP contribution in [0.4, 0.5) is 0 Å². The van der Waals surface area contributed by atoms with Gasteiger partial charge in [-0.05, 0) is 37.3 Å². The normalized spacial score (nSPS) is 19.2. The van der Waals surface area contributed by atoms with Crippen molar-refractivity contribution in [2.24, 2.45) is 5.92 Å². The first kappa shape index (κ1) is 21.1. The smallest absolute Gasteiger partial charge is 0.329 e. The lowest BCUT2D eigenvalue weighted by atomic mass is 9.86. The zero-order valence-electron chi connectivity index (χ0n) is 17.4. The number of esters is 1. The van der Waals surface area contributed by atoms with Crippen molar-refractivity contribution in [1.82, 2.24) is 14.5 Å². The van der Waals surface area contributed by atoms with Crippen molar-refractivity contribution in [1.29, 1.82) is 0 Å². The summed E-state index contributed by atoms with van der Waals surface area (Å²) in [5.41, 5.74) is 1.56. The van der Waals surface area contributed by atoms with E-state index in [9.17, 15) is 14.4 Å². The third kappa shape index (κ3) is 5.08. The molecule has 1 aromatic heterocycles. The molecule has 1 aliphatic rings. The Bertz CT molecular complexity index is 914. The van der Waals surface area contributed by atoms with E-state index in [1.54, 1.807) is 9.13 Å². The number of fused-ring (bicyclic) bond motifs is 1. The molecule has 29 heavy (non-hydrogen) atoms. The predicted molar refractivity (Wildman–Crippen MR) is 112 cm³/mol. The molecule has 0 radical (unpaired) electrons. The Morgan fingerprint density at radius 2 is 1.76 bits per heavy atom. The van der Waals surface area contributed by atoms with Crippen LogP contribution in [0.2, 0.25) is 0 Å². The van der Waals surface area contributed by atoms with Crippen molar-refractivity contribution in [2.75, 3.05) is 6.61 Å². The van der Waals surface area contributed by atoms with Crippen molar-refractivity contribution in [3.63, 3.8) is 0 Å². The Balaban J connectivity index is 1.54. The summed E-state index contributed by atoms with van der Waals surface area (Å²) in [4.78, 5) is 36.9. The lowest BCUT2D eigenvalue weighted by Crippen LogP contribution is -2.42. The summed E-state index contributed by atoms with van der Waals surface area (Å²) in [7, 11) is 0. The molecule has 0 aliphatic heterocycles. The number of hydrogen-bond donors (Lipinski definition) is 1. The highest BCUT2D eigenvalue weighted by Crippen LogP contribution is 2.23. The molecule has 1 fully saturated rings. The van der Waals surface area contributed by atoms with E-state index in [4.69, 9.17) is 4.74 Å². The Morgan fingerprint density at radius 1 is 1.10 bits per heavy atom. The number of aromatic nitrogens is 2. The van der Waals surface area contributed by atoms with Gasteiger partial charge in [0, 0.05) is 19.1 Å². The topological polar surface area (TPSA) is 82.3 Å². The molecule has 1 amide bonds. The fraction of sp³-hybridized carbons (Fsp3) is 0.591. The SMILES string of the molecule is CCCn1c(=O)n(CCC(=O)OCC(=O)N[C@H]2CCCC[C@@H]2C)c2ccccc21. The molecule has 1 heterocycles. The first-order chi connectivity index (χ1) is 14.0. The number of rotatable bonds is 8. The van der Waals surface area contributed by atoms with Gasteiger partial charge in [0.1, 0.15) is 0 Å². The van der Waals surface area contributed by atoms with Crippen LogP contribution in [-0.4, -0.2) is 33.7 Å². The molecule has 7 heteroatoms. The number of nitrogens with zero attached hydrogens (tertiary/aromatic N) is 2. The second kappa shape index (κ2) is 9.76. The standard InChI is InChI=1S/C22H31N3O4/c1-3-13-24-18-10-6-7-11-19(18)25(22(24)28)14-12-21(27)29-15-20(26)23-17-9-5-4-8-16(17)2/h6-7,10-11,16-17H,3-5,8-9,12-15H2,1-2H3,(H,23,26)/t16-,17-/m0/s1. The van der Waals surface area contributed by atoms with Gasteiger partial charge in [-0.2, -0.15) is 0 Å². The Labute approximate surface area is 171 Å². The maximum absolute atomic E-state index is 12.7. The molecule has 2 atom stereocenters. The van der Waals surface area contributed by atoms with Crippen molar-refractivity contribution in [3.8, 4) is 0 Å². The van der Waals surface area contributed by atoms with Crippen molar-refractivity contribution < 1.29 is 14.3 Å². The van der Waals surface area contributed by atoms with Gasteiger partial charge in [0.2, 0.25) is 0 Å². The van der Waals surface area contributed by atoms with Crippen molar-refractivity contribution in [3.05, 3.63) is 34.7 Å². The molecule has 1 N–H and O–H groups in total. The zero-order valence-corrected chi connectivity index (χ0v) is 17.4. The largest absolute Gasteiger partial charge is 0.456 e. The van der Waals surface area contributed by atoms with Crippen LogP contribution < -0.4 is 11.0 Å². The number of benzene rings is 1. The van der Waals surface area contributed by atoms with Crippen LogP contribution in [0.15, 0.2) is 29.1 Å². The lowest BCUT2D eigenvalue weighted by molar-refractivity contribution is -0.149. The summed E-state index contributed by atoms with van der Waals surface area (Å²) in [5, 5.41) is 2.97. The van der Waals surface area contributed by atoms with Crippen LogP contribution in [-0.2, 0) is 27.4 Å². The van der Waals surface area contributed by atoms with Crippen LogP contribution in [0.5, 0.6) is 0 Å². The highest BCUT2D eigenvalue weighted by Gasteiger charge is 2.23. The Kier molecular flexibility index (Phi) is 7.12. The molecular weight excluding hydrogens is 370 g/mol. The lowest BCUT2D eigenvalue weighted by Gasteiger charge is -2.29. The first-order valence-corrected chi connectivity index (χ1v) is 10.6. The third-order valence-electron chi connectivity index (χ3n) is 5.73. The van der Waals surface area contributed by atoms with Crippen LogP contribution in [0, 0.1) is 5.92 Å². The van der Waals surface area contributed by atoms with Gasteiger partial charge in [0.15, 0.2) is 6.61 Å². The van der Waals surface area contributed by atoms with E-state index in [0.717, 1.165) is 36.7 Å².